The number of sulfonamides is 1. The highest BCUT2D eigenvalue weighted by molar-refractivity contribution is 7.89. The average molecular weight is 331 g/mol. The van der Waals surface area contributed by atoms with Crippen LogP contribution in [0.5, 0.6) is 0 Å². The number of hydrogen-bond donors (Lipinski definition) is 0. The number of allylic oxidation sites excluding steroid dienone is 2. The minimum absolute atomic E-state index is 0.0334. The first-order valence-electron chi connectivity index (χ1n) is 7.82. The molecule has 0 spiro atoms. The van der Waals surface area contributed by atoms with Gasteiger partial charge in [0.1, 0.15) is 0 Å². The van der Waals surface area contributed by atoms with Crippen LogP contribution in [0.25, 0.3) is 0 Å². The van der Waals surface area contributed by atoms with Crippen LogP contribution in [0.4, 0.5) is 0 Å². The molecule has 1 fully saturated rings. The zero-order valence-electron chi connectivity index (χ0n) is 13.6. The van der Waals surface area contributed by atoms with Gasteiger partial charge in [-0.2, -0.15) is 4.31 Å². The highest BCUT2D eigenvalue weighted by Crippen LogP contribution is 2.38. The average Bonchev–Trinajstić information content (AvgIpc) is 2.99. The van der Waals surface area contributed by atoms with Crippen LogP contribution in [-0.2, 0) is 14.8 Å². The van der Waals surface area contributed by atoms with E-state index in [2.05, 4.69) is 0 Å². The summed E-state index contributed by atoms with van der Waals surface area (Å²) in [5, 5.41) is 0. The summed E-state index contributed by atoms with van der Waals surface area (Å²) in [6, 6.07) is 6.89. The molecule has 4 nitrogen and oxygen atoms in total. The monoisotopic (exact) mass is 331 g/mol. The van der Waals surface area contributed by atoms with Crippen molar-refractivity contribution in [3.8, 4) is 0 Å². The normalized spacial score (nSPS) is 23.7. The van der Waals surface area contributed by atoms with Crippen molar-refractivity contribution in [2.75, 3.05) is 13.1 Å². The zero-order chi connectivity index (χ0) is 16.8. The minimum Gasteiger partial charge on any atom is -0.290 e. The third kappa shape index (κ3) is 2.91. The first-order chi connectivity index (χ1) is 10.8. The predicted octanol–water partition coefficient (Wildman–Crippen LogP) is 2.71. The van der Waals surface area contributed by atoms with Crippen molar-refractivity contribution >= 4 is 15.8 Å². The number of hydrogen-bond acceptors (Lipinski definition) is 3. The zero-order valence-corrected chi connectivity index (χ0v) is 14.4. The maximum atomic E-state index is 12.8. The van der Waals surface area contributed by atoms with E-state index < -0.39 is 10.0 Å². The molecule has 23 heavy (non-hydrogen) atoms. The molecule has 1 aromatic rings. The van der Waals surface area contributed by atoms with E-state index in [4.69, 9.17) is 0 Å². The summed E-state index contributed by atoms with van der Waals surface area (Å²) in [4.78, 5) is 12.4. The molecule has 0 amide bonds. The van der Waals surface area contributed by atoms with Gasteiger partial charge < -0.3 is 0 Å². The molecule has 1 atom stereocenters. The van der Waals surface area contributed by atoms with Crippen molar-refractivity contribution in [1.82, 2.24) is 4.31 Å². The summed E-state index contributed by atoms with van der Waals surface area (Å²) in [6.07, 6.45) is 3.57. The molecule has 1 unspecified atom stereocenters. The number of rotatable bonds is 3. The van der Waals surface area contributed by atoms with E-state index in [9.17, 15) is 13.2 Å². The van der Waals surface area contributed by atoms with Gasteiger partial charge in [0.05, 0.1) is 4.90 Å². The lowest BCUT2D eigenvalue weighted by Crippen LogP contribution is -2.29. The van der Waals surface area contributed by atoms with Crippen LogP contribution in [0, 0.1) is 18.8 Å². The Kier molecular flexibility index (Phi) is 4.02. The molecule has 2 aliphatic rings. The molecule has 0 aromatic heterocycles. The van der Waals surface area contributed by atoms with E-state index in [0.717, 1.165) is 16.7 Å². The molecule has 1 aromatic carbocycles. The summed E-state index contributed by atoms with van der Waals surface area (Å²) in [6.45, 7) is 6.63. The van der Waals surface area contributed by atoms with Gasteiger partial charge in [-0.25, -0.2) is 8.42 Å². The van der Waals surface area contributed by atoms with E-state index in [1.165, 1.54) is 4.31 Å². The first kappa shape index (κ1) is 16.1. The molecule has 5 heteroatoms. The molecular formula is C18H21NO3S. The van der Waals surface area contributed by atoms with E-state index in [1.807, 2.05) is 26.8 Å². The molecule has 0 saturated carbocycles. The minimum atomic E-state index is -3.51. The summed E-state index contributed by atoms with van der Waals surface area (Å²) >= 11 is 0. The van der Waals surface area contributed by atoms with E-state index in [-0.39, 0.29) is 17.6 Å². The van der Waals surface area contributed by atoms with Crippen molar-refractivity contribution in [1.29, 1.82) is 0 Å². The third-order valence-corrected chi connectivity index (χ3v) is 6.17. The van der Waals surface area contributed by atoms with Gasteiger partial charge in [-0.05, 0) is 36.6 Å². The van der Waals surface area contributed by atoms with Gasteiger partial charge in [-0.1, -0.05) is 37.6 Å². The van der Waals surface area contributed by atoms with E-state index in [1.54, 1.807) is 30.3 Å². The topological polar surface area (TPSA) is 54.5 Å². The first-order valence-corrected chi connectivity index (χ1v) is 9.26. The number of carbonyl (C=O) groups excluding carboxylic acids is 1. The highest BCUT2D eigenvalue weighted by atomic mass is 32.2. The Balaban J connectivity index is 1.89. The van der Waals surface area contributed by atoms with Crippen LogP contribution in [-0.4, -0.2) is 31.6 Å². The molecule has 1 heterocycles. The summed E-state index contributed by atoms with van der Waals surface area (Å²) in [5.41, 5.74) is 2.69. The maximum Gasteiger partial charge on any atom is 0.243 e. The Bertz CT molecular complexity index is 801. The van der Waals surface area contributed by atoms with Gasteiger partial charge in [0.2, 0.25) is 10.0 Å². The predicted molar refractivity (Wildman–Crippen MR) is 89.4 cm³/mol. The second kappa shape index (κ2) is 5.73. The lowest BCUT2D eigenvalue weighted by molar-refractivity contribution is -0.111. The van der Waals surface area contributed by atoms with Gasteiger partial charge in [-0.3, -0.25) is 4.79 Å². The summed E-state index contributed by atoms with van der Waals surface area (Å²) in [5.74, 6) is 0.223. The van der Waals surface area contributed by atoms with E-state index in [0.29, 0.717) is 18.0 Å². The van der Waals surface area contributed by atoms with Crippen molar-refractivity contribution in [2.24, 2.45) is 11.8 Å². The van der Waals surface area contributed by atoms with Crippen LogP contribution in [0.3, 0.4) is 0 Å². The highest BCUT2D eigenvalue weighted by Gasteiger charge is 2.42. The van der Waals surface area contributed by atoms with Crippen LogP contribution in [0.2, 0.25) is 0 Å². The Morgan fingerprint density at radius 3 is 2.48 bits per heavy atom. The quantitative estimate of drug-likeness (QED) is 0.800. The Morgan fingerprint density at radius 2 is 1.87 bits per heavy atom. The summed E-state index contributed by atoms with van der Waals surface area (Å²) < 4.78 is 27.0. The second-order valence-corrected chi connectivity index (χ2v) is 8.55. The number of fused-ring (bicyclic) bond motifs is 1. The number of carbonyl (C=O) groups is 1. The summed E-state index contributed by atoms with van der Waals surface area (Å²) in [7, 11) is -3.51. The van der Waals surface area contributed by atoms with Crippen LogP contribution >= 0.6 is 0 Å². The Labute approximate surface area is 137 Å². The molecule has 0 radical (unpaired) electrons. The number of nitrogens with zero attached hydrogens (tertiary/aromatic N) is 1. The van der Waals surface area contributed by atoms with Crippen LogP contribution in [0.15, 0.2) is 52.5 Å². The molecule has 3 rings (SSSR count). The molecule has 0 N–H and O–H groups in total. The van der Waals surface area contributed by atoms with Gasteiger partial charge in [0, 0.05) is 24.6 Å². The van der Waals surface area contributed by atoms with Crippen LogP contribution < -0.4 is 0 Å². The third-order valence-electron chi connectivity index (χ3n) is 4.34. The standard InChI is InChI=1S/C18H21NO3S/c1-12(2)8-16-17-11-19(10-14(17)9-18(16)20)23(21,22)15-6-4-13(3)5-7-15/h4-9,12,17H,10-11H2,1-3H3. The fourth-order valence-corrected chi connectivity index (χ4v) is 4.61. The van der Waals surface area contributed by atoms with Crippen molar-refractivity contribution in [3.05, 3.63) is 53.1 Å². The van der Waals surface area contributed by atoms with Crippen molar-refractivity contribution < 1.29 is 13.2 Å². The molecule has 1 saturated heterocycles. The van der Waals surface area contributed by atoms with E-state index >= 15 is 0 Å². The largest absolute Gasteiger partial charge is 0.290 e. The maximum absolute atomic E-state index is 12.8. The second-order valence-electron chi connectivity index (χ2n) is 6.61. The Hall–Kier alpha value is -1.72. The molecule has 0 bridgehead atoms. The molecule has 1 aliphatic carbocycles. The number of ketones is 1. The molecular weight excluding hydrogens is 310 g/mol. The van der Waals surface area contributed by atoms with Crippen LogP contribution in [0.1, 0.15) is 19.4 Å². The fourth-order valence-electron chi connectivity index (χ4n) is 3.17. The number of aryl methyl sites for hydroxylation is 1. The fraction of sp³-hybridized carbons (Fsp3) is 0.389. The SMILES string of the molecule is Cc1ccc(S(=O)(=O)N2CC3=CC(=O)C(=CC(C)C)C3C2)cc1. The molecule has 122 valence electrons. The van der Waals surface area contributed by atoms with Crippen molar-refractivity contribution in [3.63, 3.8) is 0 Å². The van der Waals surface area contributed by atoms with Gasteiger partial charge >= 0.3 is 0 Å². The Morgan fingerprint density at radius 1 is 1.22 bits per heavy atom. The lowest BCUT2D eigenvalue weighted by atomic mass is 9.96. The van der Waals surface area contributed by atoms with Gasteiger partial charge in [0.25, 0.3) is 0 Å². The van der Waals surface area contributed by atoms with Crippen molar-refractivity contribution in [2.45, 2.75) is 25.7 Å². The smallest absolute Gasteiger partial charge is 0.243 e. The molecule has 1 aliphatic heterocycles. The van der Waals surface area contributed by atoms with Gasteiger partial charge in [-0.15, -0.1) is 0 Å². The number of benzene rings is 1. The lowest BCUT2D eigenvalue weighted by Gasteiger charge is -2.17. The van der Waals surface area contributed by atoms with Gasteiger partial charge in [0.15, 0.2) is 5.78 Å².